The van der Waals surface area contributed by atoms with Crippen LogP contribution < -0.4 is 5.32 Å². The van der Waals surface area contributed by atoms with E-state index in [0.29, 0.717) is 0 Å². The van der Waals surface area contributed by atoms with Gasteiger partial charge in [0.15, 0.2) is 0 Å². The van der Waals surface area contributed by atoms with E-state index in [4.69, 9.17) is 4.74 Å². The lowest BCUT2D eigenvalue weighted by Gasteiger charge is -2.27. The Bertz CT molecular complexity index is 513. The zero-order chi connectivity index (χ0) is 17.1. The number of aromatic hydroxyl groups is 1. The first-order valence-corrected chi connectivity index (χ1v) is 7.13. The third kappa shape index (κ3) is 5.63. The van der Waals surface area contributed by atoms with Crippen molar-refractivity contribution >= 4 is 5.97 Å². The van der Waals surface area contributed by atoms with Crippen LogP contribution in [0.3, 0.4) is 0 Å². The van der Waals surface area contributed by atoms with Crippen LogP contribution in [-0.2, 0) is 16.0 Å². The number of hydrogen-bond acceptors (Lipinski definition) is 5. The van der Waals surface area contributed by atoms with Crippen molar-refractivity contribution in [2.24, 2.45) is 0 Å². The van der Waals surface area contributed by atoms with Gasteiger partial charge < -0.3 is 20.1 Å². The number of carbonyl (C=O) groups is 1. The molecule has 2 unspecified atom stereocenters. The first-order valence-electron chi connectivity index (χ1n) is 7.13. The third-order valence-electron chi connectivity index (χ3n) is 3.20. The first-order chi connectivity index (χ1) is 9.99. The SMILES string of the molecule is Cc1cc(O)cc(C)c1CC(NC(O)OC(C)(C)C)C(=O)O. The summed E-state index contributed by atoms with van der Waals surface area (Å²) in [5.41, 5.74) is 1.83. The van der Waals surface area contributed by atoms with Gasteiger partial charge >= 0.3 is 5.97 Å². The van der Waals surface area contributed by atoms with E-state index >= 15 is 0 Å². The second-order valence-electron chi connectivity index (χ2n) is 6.40. The number of carboxylic acid groups (broad SMARTS) is 1. The monoisotopic (exact) mass is 311 g/mol. The number of ether oxygens (including phenoxy) is 1. The van der Waals surface area contributed by atoms with E-state index in [1.165, 1.54) is 0 Å². The summed E-state index contributed by atoms with van der Waals surface area (Å²) >= 11 is 0. The van der Waals surface area contributed by atoms with E-state index in [9.17, 15) is 20.1 Å². The Kier molecular flexibility index (Phi) is 5.93. The van der Waals surface area contributed by atoms with Crippen LogP contribution in [0.1, 0.15) is 37.5 Å². The highest BCUT2D eigenvalue weighted by molar-refractivity contribution is 5.74. The normalized spacial score (nSPS) is 14.6. The van der Waals surface area contributed by atoms with Crippen LogP contribution in [0.4, 0.5) is 0 Å². The lowest BCUT2D eigenvalue weighted by molar-refractivity contribution is -0.189. The number of benzene rings is 1. The van der Waals surface area contributed by atoms with Gasteiger partial charge in [-0.15, -0.1) is 0 Å². The molecule has 0 fully saturated rings. The van der Waals surface area contributed by atoms with Gasteiger partial charge in [0.25, 0.3) is 0 Å². The van der Waals surface area contributed by atoms with Gasteiger partial charge in [0.2, 0.25) is 6.41 Å². The van der Waals surface area contributed by atoms with Crippen molar-refractivity contribution in [3.63, 3.8) is 0 Å². The Hall–Kier alpha value is -1.63. The molecule has 0 heterocycles. The fourth-order valence-corrected chi connectivity index (χ4v) is 2.26. The second kappa shape index (κ2) is 7.09. The maximum atomic E-state index is 11.4. The van der Waals surface area contributed by atoms with E-state index in [1.54, 1.807) is 32.9 Å². The average Bonchev–Trinajstić information content (AvgIpc) is 2.29. The average molecular weight is 311 g/mol. The molecule has 0 saturated heterocycles. The van der Waals surface area contributed by atoms with E-state index in [2.05, 4.69) is 5.32 Å². The molecule has 0 aliphatic carbocycles. The lowest BCUT2D eigenvalue weighted by atomic mass is 9.96. The summed E-state index contributed by atoms with van der Waals surface area (Å²) in [6.45, 7) is 8.91. The Labute approximate surface area is 130 Å². The summed E-state index contributed by atoms with van der Waals surface area (Å²) in [6, 6.07) is 2.17. The highest BCUT2D eigenvalue weighted by Crippen LogP contribution is 2.22. The van der Waals surface area contributed by atoms with Crippen molar-refractivity contribution in [1.29, 1.82) is 0 Å². The minimum Gasteiger partial charge on any atom is -0.508 e. The van der Waals surface area contributed by atoms with Gasteiger partial charge in [-0.25, -0.2) is 0 Å². The molecule has 0 aliphatic heterocycles. The molecule has 0 saturated carbocycles. The molecule has 2 atom stereocenters. The molecule has 22 heavy (non-hydrogen) atoms. The topological polar surface area (TPSA) is 99.0 Å². The quantitative estimate of drug-likeness (QED) is 0.597. The minimum atomic E-state index is -1.38. The number of aliphatic hydroxyl groups excluding tert-OH is 1. The van der Waals surface area contributed by atoms with Crippen molar-refractivity contribution in [2.75, 3.05) is 0 Å². The largest absolute Gasteiger partial charge is 0.508 e. The maximum Gasteiger partial charge on any atom is 0.321 e. The number of aryl methyl sites for hydroxylation is 2. The zero-order valence-electron chi connectivity index (χ0n) is 13.7. The number of phenols is 1. The van der Waals surface area contributed by atoms with Gasteiger partial charge in [-0.05, 0) is 69.9 Å². The molecule has 0 spiro atoms. The molecule has 0 radical (unpaired) electrons. The third-order valence-corrected chi connectivity index (χ3v) is 3.20. The Morgan fingerprint density at radius 3 is 2.18 bits per heavy atom. The number of hydrogen-bond donors (Lipinski definition) is 4. The molecule has 4 N–H and O–H groups in total. The number of rotatable bonds is 6. The van der Waals surface area contributed by atoms with E-state index in [-0.39, 0.29) is 12.2 Å². The van der Waals surface area contributed by atoms with E-state index in [0.717, 1.165) is 16.7 Å². The number of aliphatic hydroxyl groups is 1. The van der Waals surface area contributed by atoms with Crippen LogP contribution in [0.5, 0.6) is 5.75 Å². The van der Waals surface area contributed by atoms with Gasteiger partial charge in [-0.3, -0.25) is 10.1 Å². The summed E-state index contributed by atoms with van der Waals surface area (Å²) in [5.74, 6) is -0.932. The Morgan fingerprint density at radius 1 is 1.27 bits per heavy atom. The highest BCUT2D eigenvalue weighted by Gasteiger charge is 2.25. The predicted molar refractivity (Wildman–Crippen MR) is 82.7 cm³/mol. The zero-order valence-corrected chi connectivity index (χ0v) is 13.7. The van der Waals surface area contributed by atoms with Gasteiger partial charge in [-0.2, -0.15) is 0 Å². The molecule has 6 nitrogen and oxygen atoms in total. The van der Waals surface area contributed by atoms with Crippen molar-refractivity contribution in [2.45, 2.75) is 59.1 Å². The smallest absolute Gasteiger partial charge is 0.321 e. The molecule has 0 bridgehead atoms. The molecule has 0 amide bonds. The summed E-state index contributed by atoms with van der Waals surface area (Å²) in [5, 5.41) is 31.3. The maximum absolute atomic E-state index is 11.4. The highest BCUT2D eigenvalue weighted by atomic mass is 16.6. The van der Waals surface area contributed by atoms with Crippen LogP contribution in [-0.4, -0.2) is 39.3 Å². The van der Waals surface area contributed by atoms with E-state index in [1.807, 2.05) is 13.8 Å². The molecule has 6 heteroatoms. The summed E-state index contributed by atoms with van der Waals surface area (Å²) in [6.07, 6.45) is -1.20. The van der Waals surface area contributed by atoms with Gasteiger partial charge in [0.1, 0.15) is 11.8 Å². The number of aliphatic carboxylic acids is 1. The fraction of sp³-hybridized carbons (Fsp3) is 0.562. The molecule has 1 aromatic rings. The standard InChI is InChI=1S/C16H25NO5/c1-9-6-11(18)7-10(2)12(9)8-13(14(19)20)17-15(21)22-16(3,4)5/h6-7,13,15,17-18,21H,8H2,1-5H3,(H,19,20). The van der Waals surface area contributed by atoms with Crippen LogP contribution >= 0.6 is 0 Å². The summed E-state index contributed by atoms with van der Waals surface area (Å²) in [7, 11) is 0. The minimum absolute atomic E-state index is 0.148. The summed E-state index contributed by atoms with van der Waals surface area (Å²) < 4.78 is 5.28. The number of carboxylic acids is 1. The van der Waals surface area contributed by atoms with Crippen LogP contribution in [0.25, 0.3) is 0 Å². The number of phenolic OH excluding ortho intramolecular Hbond substituents is 1. The van der Waals surface area contributed by atoms with Gasteiger partial charge in [0.05, 0.1) is 5.60 Å². The molecule has 0 aliphatic rings. The van der Waals surface area contributed by atoms with Crippen molar-refractivity contribution in [1.82, 2.24) is 5.32 Å². The predicted octanol–water partition coefficient (Wildman–Crippen LogP) is 1.69. The van der Waals surface area contributed by atoms with E-state index < -0.39 is 24.0 Å². The van der Waals surface area contributed by atoms with Crippen molar-refractivity contribution in [3.8, 4) is 5.75 Å². The van der Waals surface area contributed by atoms with Crippen LogP contribution in [0.2, 0.25) is 0 Å². The first kappa shape index (κ1) is 18.4. The van der Waals surface area contributed by atoms with Crippen LogP contribution in [0, 0.1) is 13.8 Å². The molecule has 1 rings (SSSR count). The Morgan fingerprint density at radius 2 is 1.77 bits per heavy atom. The lowest BCUT2D eigenvalue weighted by Crippen LogP contribution is -2.48. The Balaban J connectivity index is 2.88. The van der Waals surface area contributed by atoms with Gasteiger partial charge in [0, 0.05) is 0 Å². The molecule has 1 aromatic carbocycles. The van der Waals surface area contributed by atoms with Crippen molar-refractivity contribution < 1.29 is 24.9 Å². The molecular weight excluding hydrogens is 286 g/mol. The molecule has 124 valence electrons. The second-order valence-corrected chi connectivity index (χ2v) is 6.40. The van der Waals surface area contributed by atoms with Crippen molar-refractivity contribution in [3.05, 3.63) is 28.8 Å². The van der Waals surface area contributed by atoms with Crippen LogP contribution in [0.15, 0.2) is 12.1 Å². The number of nitrogens with one attached hydrogen (secondary N) is 1. The fourth-order valence-electron chi connectivity index (χ4n) is 2.26. The molecular formula is C16H25NO5. The molecule has 0 aromatic heterocycles. The van der Waals surface area contributed by atoms with Gasteiger partial charge in [-0.1, -0.05) is 0 Å². The summed E-state index contributed by atoms with van der Waals surface area (Å²) in [4.78, 5) is 11.4.